The molecule has 0 radical (unpaired) electrons. The van der Waals surface area contributed by atoms with E-state index in [1.807, 2.05) is 0 Å². The van der Waals surface area contributed by atoms with Crippen LogP contribution in [0.15, 0.2) is 48.5 Å². The molecule has 2 saturated heterocycles. The van der Waals surface area contributed by atoms with Gasteiger partial charge in [0.05, 0.1) is 38.4 Å². The van der Waals surface area contributed by atoms with E-state index in [-0.39, 0.29) is 32.0 Å². The van der Waals surface area contributed by atoms with Gasteiger partial charge in [0.2, 0.25) is 0 Å². The number of hydrogen-bond donors (Lipinski definition) is 3. The van der Waals surface area contributed by atoms with E-state index < -0.39 is 54.4 Å². The van der Waals surface area contributed by atoms with Crippen LogP contribution in [0, 0.1) is 5.92 Å². The number of alkyl halides is 3. The Kier molecular flexibility index (Phi) is 11.6. The van der Waals surface area contributed by atoms with E-state index in [9.17, 15) is 27.9 Å². The quantitative estimate of drug-likeness (QED) is 0.284. The smallest absolute Gasteiger partial charge is 0.497 e. The topological polar surface area (TPSA) is 137 Å². The van der Waals surface area contributed by atoms with E-state index >= 15 is 0 Å². The predicted molar refractivity (Wildman–Crippen MR) is 157 cm³/mol. The summed E-state index contributed by atoms with van der Waals surface area (Å²) < 4.78 is 69.2. The highest BCUT2D eigenvalue weighted by atomic mass is 19.4. The number of carbonyl (C=O) groups is 2. The van der Waals surface area contributed by atoms with Crippen molar-refractivity contribution in [3.8, 4) is 11.5 Å². The van der Waals surface area contributed by atoms with E-state index in [2.05, 4.69) is 15.5 Å². The molecule has 2 aliphatic rings. The lowest BCUT2D eigenvalue weighted by atomic mass is 10.0. The van der Waals surface area contributed by atoms with Gasteiger partial charge in [-0.25, -0.2) is 14.6 Å². The summed E-state index contributed by atoms with van der Waals surface area (Å²) in [5.41, 5.74) is 3.09. The molecule has 2 aliphatic heterocycles. The lowest BCUT2D eigenvalue weighted by Crippen LogP contribution is -2.54. The minimum Gasteiger partial charge on any atom is -0.497 e. The molecule has 2 aromatic carbocycles. The highest BCUT2D eigenvalue weighted by Crippen LogP contribution is 2.33. The molecule has 5 atom stereocenters. The number of methoxy groups -OCH3 is 1. The summed E-state index contributed by atoms with van der Waals surface area (Å²) in [6, 6.07) is 11.3. The second-order valence-corrected chi connectivity index (χ2v) is 12.0. The van der Waals surface area contributed by atoms with Gasteiger partial charge in [0.25, 0.3) is 0 Å². The van der Waals surface area contributed by atoms with Crippen LogP contribution in [-0.4, -0.2) is 85.7 Å². The lowest BCUT2D eigenvalue weighted by molar-refractivity contribution is -0.274. The normalized spacial score (nSPS) is 20.8. The van der Waals surface area contributed by atoms with Crippen LogP contribution in [0.1, 0.15) is 38.3 Å². The van der Waals surface area contributed by atoms with Crippen molar-refractivity contribution in [1.82, 2.24) is 15.8 Å². The summed E-state index contributed by atoms with van der Waals surface area (Å²) in [4.78, 5) is 25.8. The number of ether oxygens (including phenoxy) is 6. The van der Waals surface area contributed by atoms with Gasteiger partial charge >= 0.3 is 18.5 Å². The van der Waals surface area contributed by atoms with Gasteiger partial charge in [-0.05, 0) is 69.0 Å². The Morgan fingerprint density at radius 3 is 2.28 bits per heavy atom. The maximum Gasteiger partial charge on any atom is 0.573 e. The number of fused-ring (bicyclic) bond motifs is 1. The number of aliphatic hydroxyl groups excluding tert-OH is 1. The van der Waals surface area contributed by atoms with Gasteiger partial charge in [-0.2, -0.15) is 0 Å². The number of amides is 2. The minimum atomic E-state index is -4.85. The second kappa shape index (κ2) is 15.2. The Morgan fingerprint density at radius 2 is 1.65 bits per heavy atom. The van der Waals surface area contributed by atoms with Gasteiger partial charge in [0.1, 0.15) is 23.2 Å². The van der Waals surface area contributed by atoms with Crippen LogP contribution in [0.4, 0.5) is 22.8 Å². The molecule has 2 aromatic rings. The third-order valence-electron chi connectivity index (χ3n) is 7.21. The van der Waals surface area contributed by atoms with Crippen LogP contribution in [0.3, 0.4) is 0 Å². The number of nitrogens with zero attached hydrogens (tertiary/aromatic N) is 1. The van der Waals surface area contributed by atoms with Crippen molar-refractivity contribution < 1.29 is 56.3 Å². The maximum absolute atomic E-state index is 13.0. The molecule has 2 fully saturated rings. The first-order valence-corrected chi connectivity index (χ1v) is 14.8. The monoisotopic (exact) mass is 655 g/mol. The molecule has 0 aromatic heterocycles. The fraction of sp³-hybridized carbons (Fsp3) is 0.548. The summed E-state index contributed by atoms with van der Waals surface area (Å²) in [6.45, 7) is 5.51. The highest BCUT2D eigenvalue weighted by molar-refractivity contribution is 5.68. The minimum absolute atomic E-state index is 0.0452. The third kappa shape index (κ3) is 10.9. The molecule has 15 heteroatoms. The SMILES string of the molecule is COc1ccc(C[C@H](NC(=O)OC(C)(C)C)[C@@H](O)CN(Cc2ccc(OC(F)(F)F)cc2)NC(=O)O[C@H]2CO[C@H]3OCC[C@H]32)cc1. The fourth-order valence-corrected chi connectivity index (χ4v) is 5.12. The molecule has 0 spiro atoms. The average Bonchev–Trinajstić information content (AvgIpc) is 3.57. The standard InChI is InChI=1S/C31H40F3N3O9/c1-30(2,3)46-28(39)35-24(15-19-5-9-21(41-4)10-6-19)25(38)17-37(16-20-7-11-22(12-8-20)45-31(32,33)34)36-29(40)44-26-18-43-27-23(26)13-14-42-27/h5-12,23-27,38H,13-18H2,1-4H3,(H,35,39)(H,36,40)/t23-,24-,25-,26-,27+/m0/s1. The summed E-state index contributed by atoms with van der Waals surface area (Å²) in [5, 5.41) is 15.5. The summed E-state index contributed by atoms with van der Waals surface area (Å²) in [6.07, 6.45) is -7.83. The van der Waals surface area contributed by atoms with Crippen LogP contribution in [0.5, 0.6) is 11.5 Å². The zero-order chi connectivity index (χ0) is 33.5. The van der Waals surface area contributed by atoms with Crippen LogP contribution >= 0.6 is 0 Å². The van der Waals surface area contributed by atoms with Crippen molar-refractivity contribution in [3.63, 3.8) is 0 Å². The van der Waals surface area contributed by atoms with Gasteiger partial charge in [0, 0.05) is 13.1 Å². The first-order valence-electron chi connectivity index (χ1n) is 14.8. The van der Waals surface area contributed by atoms with Gasteiger partial charge < -0.3 is 38.8 Å². The summed E-state index contributed by atoms with van der Waals surface area (Å²) in [7, 11) is 1.54. The first-order chi connectivity index (χ1) is 21.7. The molecule has 4 rings (SSSR count). The number of hydrogen-bond acceptors (Lipinski definition) is 10. The van der Waals surface area contributed by atoms with Crippen LogP contribution in [-0.2, 0) is 31.9 Å². The average molecular weight is 656 g/mol. The number of benzene rings is 2. The Balaban J connectivity index is 1.50. The molecule has 0 saturated carbocycles. The summed E-state index contributed by atoms with van der Waals surface area (Å²) >= 11 is 0. The molecule has 3 N–H and O–H groups in total. The van der Waals surface area contributed by atoms with Crippen LogP contribution in [0.2, 0.25) is 0 Å². The molecule has 2 amide bonds. The lowest BCUT2D eigenvalue weighted by Gasteiger charge is -2.31. The van der Waals surface area contributed by atoms with Gasteiger partial charge in [0.15, 0.2) is 6.29 Å². The maximum atomic E-state index is 13.0. The van der Waals surface area contributed by atoms with Crippen molar-refractivity contribution >= 4 is 12.2 Å². The Bertz CT molecular complexity index is 1290. The number of halogens is 3. The van der Waals surface area contributed by atoms with E-state index in [0.717, 1.165) is 17.7 Å². The number of carbonyl (C=O) groups excluding carboxylic acids is 2. The molecule has 46 heavy (non-hydrogen) atoms. The predicted octanol–water partition coefficient (Wildman–Crippen LogP) is 4.30. The van der Waals surface area contributed by atoms with Crippen molar-refractivity contribution in [2.45, 2.75) is 76.7 Å². The van der Waals surface area contributed by atoms with Gasteiger partial charge in [-0.15, -0.1) is 13.2 Å². The van der Waals surface area contributed by atoms with Crippen LogP contribution < -0.4 is 20.2 Å². The number of hydrazine groups is 1. The zero-order valence-electron chi connectivity index (χ0n) is 26.0. The van der Waals surface area contributed by atoms with E-state index in [4.69, 9.17) is 23.7 Å². The third-order valence-corrected chi connectivity index (χ3v) is 7.21. The van der Waals surface area contributed by atoms with Crippen molar-refractivity contribution in [1.29, 1.82) is 0 Å². The highest BCUT2D eigenvalue weighted by Gasteiger charge is 2.44. The van der Waals surface area contributed by atoms with Crippen molar-refractivity contribution in [3.05, 3.63) is 59.7 Å². The first kappa shape index (κ1) is 35.1. The fourth-order valence-electron chi connectivity index (χ4n) is 5.12. The summed E-state index contributed by atoms with van der Waals surface area (Å²) in [5.74, 6) is 0.105. The Hall–Kier alpha value is -3.79. The molecular formula is C31H40F3N3O9. The molecule has 0 unspecified atom stereocenters. The molecule has 254 valence electrons. The zero-order valence-corrected chi connectivity index (χ0v) is 26.0. The van der Waals surface area contributed by atoms with Gasteiger partial charge in [-0.3, -0.25) is 5.43 Å². The number of rotatable bonds is 12. The molecule has 2 heterocycles. The van der Waals surface area contributed by atoms with E-state index in [1.165, 1.54) is 24.3 Å². The van der Waals surface area contributed by atoms with Gasteiger partial charge in [-0.1, -0.05) is 24.3 Å². The molecule has 0 bridgehead atoms. The number of nitrogens with one attached hydrogen (secondary N) is 2. The number of aliphatic hydroxyl groups is 1. The molecular weight excluding hydrogens is 615 g/mol. The van der Waals surface area contributed by atoms with Crippen molar-refractivity contribution in [2.24, 2.45) is 5.92 Å². The van der Waals surface area contributed by atoms with Crippen LogP contribution in [0.25, 0.3) is 0 Å². The van der Waals surface area contributed by atoms with E-state index in [1.54, 1.807) is 45.0 Å². The Labute approximate surface area is 265 Å². The van der Waals surface area contributed by atoms with E-state index in [0.29, 0.717) is 24.3 Å². The molecule has 12 nitrogen and oxygen atoms in total. The van der Waals surface area contributed by atoms with Crippen molar-refractivity contribution in [2.75, 3.05) is 26.9 Å². The molecule has 0 aliphatic carbocycles. The Morgan fingerprint density at radius 1 is 1.00 bits per heavy atom. The second-order valence-electron chi connectivity index (χ2n) is 12.0. The largest absolute Gasteiger partial charge is 0.573 e. The number of alkyl carbamates (subject to hydrolysis) is 1.